The summed E-state index contributed by atoms with van der Waals surface area (Å²) in [6.07, 6.45) is 5.58. The lowest BCUT2D eigenvalue weighted by Crippen LogP contribution is -3.09. The first kappa shape index (κ1) is 21.0. The van der Waals surface area contributed by atoms with Crippen molar-refractivity contribution in [1.29, 1.82) is 0 Å². The number of benzene rings is 1. The first-order chi connectivity index (χ1) is 13.5. The van der Waals surface area contributed by atoms with Crippen LogP contribution in [0.3, 0.4) is 0 Å². The number of carbonyl (C=O) groups excluding carboxylic acids is 1. The van der Waals surface area contributed by atoms with Crippen molar-refractivity contribution in [3.05, 3.63) is 34.1 Å². The highest BCUT2D eigenvalue weighted by Gasteiger charge is 2.25. The van der Waals surface area contributed by atoms with Gasteiger partial charge < -0.3 is 10.2 Å². The molecule has 28 heavy (non-hydrogen) atoms. The van der Waals surface area contributed by atoms with Crippen molar-refractivity contribution in [1.82, 2.24) is 19.7 Å². The minimum atomic E-state index is 0.0485. The molecule has 0 bridgehead atoms. The highest BCUT2D eigenvalue weighted by molar-refractivity contribution is 7.71. The monoisotopic (exact) mass is 422 g/mol. The highest BCUT2D eigenvalue weighted by Crippen LogP contribution is 2.35. The summed E-state index contributed by atoms with van der Waals surface area (Å²) in [5.41, 5.74) is 0.902. The van der Waals surface area contributed by atoms with Gasteiger partial charge in [-0.1, -0.05) is 43.5 Å². The van der Waals surface area contributed by atoms with Crippen molar-refractivity contribution in [3.8, 4) is 11.4 Å². The predicted molar refractivity (Wildman–Crippen MR) is 114 cm³/mol. The normalized spacial score (nSPS) is 15.7. The maximum Gasteiger partial charge on any atom is 0.275 e. The van der Waals surface area contributed by atoms with Crippen LogP contribution >= 0.6 is 23.8 Å². The zero-order chi connectivity index (χ0) is 20.1. The van der Waals surface area contributed by atoms with Gasteiger partial charge in [-0.15, -0.1) is 5.10 Å². The summed E-state index contributed by atoms with van der Waals surface area (Å²) >= 11 is 12.3. The van der Waals surface area contributed by atoms with Crippen molar-refractivity contribution in [2.45, 2.75) is 51.7 Å². The van der Waals surface area contributed by atoms with E-state index in [1.165, 1.54) is 12.8 Å². The number of nitrogens with one attached hydrogen (secondary N) is 2. The van der Waals surface area contributed by atoms with E-state index in [1.54, 1.807) is 0 Å². The lowest BCUT2D eigenvalue weighted by Gasteiger charge is -2.15. The van der Waals surface area contributed by atoms with Gasteiger partial charge in [-0.3, -0.25) is 9.36 Å². The maximum absolute atomic E-state index is 12.0. The molecule has 1 aromatic carbocycles. The van der Waals surface area contributed by atoms with Gasteiger partial charge in [0.15, 0.2) is 19.0 Å². The lowest BCUT2D eigenvalue weighted by atomic mass is 10.2. The van der Waals surface area contributed by atoms with Crippen LogP contribution in [0.25, 0.3) is 11.4 Å². The van der Waals surface area contributed by atoms with Crippen molar-refractivity contribution >= 4 is 29.7 Å². The minimum absolute atomic E-state index is 0.0485. The molecule has 3 rings (SSSR count). The second-order valence-electron chi connectivity index (χ2n) is 7.54. The summed E-state index contributed by atoms with van der Waals surface area (Å²) in [4.78, 5) is 13.1. The van der Waals surface area contributed by atoms with Crippen LogP contribution in [0.15, 0.2) is 24.3 Å². The zero-order valence-electron chi connectivity index (χ0n) is 16.6. The number of nitrogens with zero attached hydrogens (tertiary/aromatic N) is 3. The summed E-state index contributed by atoms with van der Waals surface area (Å²) in [6, 6.07) is 8.12. The molecule has 1 aliphatic carbocycles. The number of halogens is 1. The van der Waals surface area contributed by atoms with Gasteiger partial charge in [0, 0.05) is 18.2 Å². The fourth-order valence-corrected chi connectivity index (χ4v) is 4.31. The summed E-state index contributed by atoms with van der Waals surface area (Å²) < 4.78 is 4.72. The van der Waals surface area contributed by atoms with Gasteiger partial charge in [0.05, 0.1) is 12.1 Å². The van der Waals surface area contributed by atoms with Crippen LogP contribution in [0.1, 0.15) is 45.1 Å². The topological polar surface area (TPSA) is 56.3 Å². The van der Waals surface area contributed by atoms with Gasteiger partial charge >= 0.3 is 0 Å². The second-order valence-corrected chi connectivity index (χ2v) is 8.31. The molecule has 1 amide bonds. The molecular weight excluding hydrogens is 394 g/mol. The summed E-state index contributed by atoms with van der Waals surface area (Å²) in [5.74, 6) is 0.873. The van der Waals surface area contributed by atoms with Crippen molar-refractivity contribution in [2.75, 3.05) is 20.1 Å². The van der Waals surface area contributed by atoms with E-state index in [9.17, 15) is 4.79 Å². The first-order valence-electron chi connectivity index (χ1n) is 10.0. The molecule has 0 spiro atoms. The Hall–Kier alpha value is -1.70. The number of quaternary nitrogens is 1. The van der Waals surface area contributed by atoms with E-state index >= 15 is 0 Å². The zero-order valence-corrected chi connectivity index (χ0v) is 18.2. The van der Waals surface area contributed by atoms with E-state index in [1.807, 2.05) is 42.9 Å². The second kappa shape index (κ2) is 9.67. The van der Waals surface area contributed by atoms with Crippen molar-refractivity contribution < 1.29 is 9.69 Å². The highest BCUT2D eigenvalue weighted by atomic mass is 35.5. The minimum Gasteiger partial charge on any atom is -0.351 e. The maximum atomic E-state index is 12.0. The average molecular weight is 423 g/mol. The number of hydrogen-bond donors (Lipinski definition) is 2. The number of likely N-dealkylation sites (N-methyl/N-ethyl adjacent to an activating group) is 1. The molecule has 0 aliphatic heterocycles. The fourth-order valence-electron chi connectivity index (χ4n) is 3.75. The van der Waals surface area contributed by atoms with Crippen LogP contribution in [-0.4, -0.2) is 40.4 Å². The van der Waals surface area contributed by atoms with Crippen molar-refractivity contribution in [3.63, 3.8) is 0 Å². The van der Waals surface area contributed by atoms with Crippen LogP contribution in [0.5, 0.6) is 0 Å². The van der Waals surface area contributed by atoms with Crippen LogP contribution in [0, 0.1) is 4.77 Å². The molecule has 0 radical (unpaired) electrons. The molecule has 1 aliphatic rings. The quantitative estimate of drug-likeness (QED) is 0.643. The van der Waals surface area contributed by atoms with E-state index in [0.29, 0.717) is 35.6 Å². The molecule has 1 aromatic heterocycles. The number of carbonyl (C=O) groups is 1. The molecule has 0 saturated heterocycles. The van der Waals surface area contributed by atoms with E-state index in [0.717, 1.165) is 35.6 Å². The van der Waals surface area contributed by atoms with Gasteiger partial charge in [-0.2, -0.15) is 4.68 Å². The first-order valence-corrected chi connectivity index (χ1v) is 10.8. The average Bonchev–Trinajstić information content (AvgIpc) is 3.29. The Labute approximate surface area is 176 Å². The van der Waals surface area contributed by atoms with Crippen LogP contribution in [-0.2, 0) is 11.5 Å². The summed E-state index contributed by atoms with van der Waals surface area (Å²) in [7, 11) is 1.98. The Kier molecular flexibility index (Phi) is 7.26. The van der Waals surface area contributed by atoms with Gasteiger partial charge in [0.2, 0.25) is 4.77 Å². The Balaban J connectivity index is 1.88. The number of amides is 1. The fraction of sp³-hybridized carbons (Fsp3) is 0.550. The van der Waals surface area contributed by atoms with Gasteiger partial charge in [0.25, 0.3) is 5.91 Å². The van der Waals surface area contributed by atoms with Gasteiger partial charge in [0.1, 0.15) is 0 Å². The molecule has 2 N–H and O–H groups in total. The molecule has 1 saturated carbocycles. The molecule has 6 nitrogen and oxygen atoms in total. The number of rotatable bonds is 8. The van der Waals surface area contributed by atoms with E-state index < -0.39 is 0 Å². The van der Waals surface area contributed by atoms with E-state index in [2.05, 4.69) is 9.88 Å². The van der Waals surface area contributed by atoms with Crippen LogP contribution in [0.4, 0.5) is 0 Å². The van der Waals surface area contributed by atoms with Crippen molar-refractivity contribution in [2.24, 2.45) is 0 Å². The largest absolute Gasteiger partial charge is 0.351 e. The van der Waals surface area contributed by atoms with Crippen LogP contribution < -0.4 is 10.2 Å². The Bertz CT molecular complexity index is 872. The molecular formula is C20H29ClN5OS+. The Morgan fingerprint density at radius 1 is 1.36 bits per heavy atom. The third kappa shape index (κ3) is 4.82. The third-order valence-corrected chi connectivity index (χ3v) is 5.87. The number of aromatic nitrogens is 3. The summed E-state index contributed by atoms with van der Waals surface area (Å²) in [5, 5.41) is 8.43. The number of hydrogen-bond acceptors (Lipinski definition) is 3. The third-order valence-electron chi connectivity index (χ3n) is 5.13. The molecule has 152 valence electrons. The molecule has 1 unspecified atom stereocenters. The predicted octanol–water partition coefficient (Wildman–Crippen LogP) is 2.85. The van der Waals surface area contributed by atoms with E-state index in [-0.39, 0.29) is 5.91 Å². The Morgan fingerprint density at radius 2 is 2.07 bits per heavy atom. The molecule has 1 atom stereocenters. The molecule has 8 heteroatoms. The smallest absolute Gasteiger partial charge is 0.275 e. The standard InChI is InChI=1S/C20H28ClN5OS/c1-3-12-22-18(27)13-24(2)14-25-20(28)26(15-8-4-5-9-15)19(23-25)16-10-6-7-11-17(16)21/h6-7,10-11,15H,3-5,8-9,12-14H2,1-2H3,(H,22,27)/p+1. The summed E-state index contributed by atoms with van der Waals surface area (Å²) in [6.45, 7) is 3.68. The van der Waals surface area contributed by atoms with Crippen LogP contribution in [0.2, 0.25) is 5.02 Å². The van der Waals surface area contributed by atoms with Gasteiger partial charge in [-0.05, 0) is 43.6 Å². The SMILES string of the molecule is CCCNC(=O)C[NH+](C)Cn1nc(-c2ccccc2Cl)n(C2CCCC2)c1=S. The molecule has 2 aromatic rings. The van der Waals surface area contributed by atoms with Gasteiger partial charge in [-0.25, -0.2) is 0 Å². The molecule has 1 heterocycles. The van der Waals surface area contributed by atoms with E-state index in [4.69, 9.17) is 28.9 Å². The lowest BCUT2D eigenvalue weighted by molar-refractivity contribution is -0.895. The molecule has 1 fully saturated rings. The Morgan fingerprint density at radius 3 is 2.75 bits per heavy atom.